The van der Waals surface area contributed by atoms with E-state index in [1.807, 2.05) is 30.9 Å². The first-order valence-corrected chi connectivity index (χ1v) is 7.85. The van der Waals surface area contributed by atoms with E-state index in [4.69, 9.17) is 9.47 Å². The van der Waals surface area contributed by atoms with Crippen molar-refractivity contribution in [2.45, 2.75) is 51.4 Å². The maximum atomic E-state index is 12.7. The van der Waals surface area contributed by atoms with E-state index in [-0.39, 0.29) is 24.1 Å². The molecule has 2 bridgehead atoms. The first-order valence-electron chi connectivity index (χ1n) is 7.85. The van der Waals surface area contributed by atoms with Gasteiger partial charge in [0.2, 0.25) is 5.91 Å². The van der Waals surface area contributed by atoms with Crippen LogP contribution in [0, 0.1) is 11.8 Å². The maximum absolute atomic E-state index is 12.7. The summed E-state index contributed by atoms with van der Waals surface area (Å²) in [5, 5.41) is 0. The molecule has 1 spiro atoms. The van der Waals surface area contributed by atoms with E-state index in [0.29, 0.717) is 6.54 Å². The molecule has 0 radical (unpaired) electrons. The van der Waals surface area contributed by atoms with Gasteiger partial charge in [-0.25, -0.2) is 0 Å². The maximum Gasteiger partial charge on any atom is 0.313 e. The Bertz CT molecular complexity index is 487. The summed E-state index contributed by atoms with van der Waals surface area (Å²) in [4.78, 5) is 26.9. The lowest BCUT2D eigenvalue weighted by atomic mass is 9.77. The van der Waals surface area contributed by atoms with Crippen LogP contribution >= 0.6 is 0 Å². The summed E-state index contributed by atoms with van der Waals surface area (Å²) in [5.74, 6) is -1.16. The van der Waals surface area contributed by atoms with Crippen LogP contribution in [0.2, 0.25) is 0 Å². The number of carbonyl (C=O) groups is 2. The zero-order valence-electron chi connectivity index (χ0n) is 12.9. The van der Waals surface area contributed by atoms with Crippen molar-refractivity contribution >= 4 is 11.9 Å². The number of esters is 1. The second kappa shape index (κ2) is 5.13. The molecule has 3 heterocycles. The normalized spacial score (nSPS) is 36.7. The fraction of sp³-hybridized carbons (Fsp3) is 0.750. The summed E-state index contributed by atoms with van der Waals surface area (Å²) in [6, 6.07) is 0. The Hall–Kier alpha value is -1.36. The lowest BCUT2D eigenvalue weighted by Gasteiger charge is -2.23. The average molecular weight is 293 g/mol. The summed E-state index contributed by atoms with van der Waals surface area (Å²) < 4.78 is 11.3. The van der Waals surface area contributed by atoms with Crippen LogP contribution in [0.1, 0.15) is 33.6 Å². The Kier molecular flexibility index (Phi) is 3.56. The molecule has 2 saturated heterocycles. The second-order valence-electron chi connectivity index (χ2n) is 6.50. The minimum Gasteiger partial charge on any atom is -0.463 e. The van der Waals surface area contributed by atoms with Gasteiger partial charge in [0.1, 0.15) is 11.5 Å². The van der Waals surface area contributed by atoms with Gasteiger partial charge < -0.3 is 14.4 Å². The highest BCUT2D eigenvalue weighted by atomic mass is 16.6. The fourth-order valence-corrected chi connectivity index (χ4v) is 3.70. The number of hydrogen-bond donors (Lipinski definition) is 0. The van der Waals surface area contributed by atoms with Gasteiger partial charge >= 0.3 is 5.97 Å². The van der Waals surface area contributed by atoms with Gasteiger partial charge in [-0.15, -0.1) is 0 Å². The van der Waals surface area contributed by atoms with E-state index in [1.165, 1.54) is 0 Å². The van der Waals surface area contributed by atoms with Crippen molar-refractivity contribution in [3.05, 3.63) is 12.2 Å². The van der Waals surface area contributed by atoms with E-state index >= 15 is 0 Å². The minimum atomic E-state index is -0.601. The molecular weight excluding hydrogens is 270 g/mol. The van der Waals surface area contributed by atoms with Gasteiger partial charge in [0.25, 0.3) is 0 Å². The molecule has 0 aliphatic carbocycles. The first kappa shape index (κ1) is 14.6. The third-order valence-electron chi connectivity index (χ3n) is 4.58. The number of nitrogens with zero attached hydrogens (tertiary/aromatic N) is 1. The molecule has 4 atom stereocenters. The highest BCUT2D eigenvalue weighted by Gasteiger charge is 2.67. The fourth-order valence-electron chi connectivity index (χ4n) is 3.70. The summed E-state index contributed by atoms with van der Waals surface area (Å²) in [7, 11) is 0. The van der Waals surface area contributed by atoms with Gasteiger partial charge in [0, 0.05) is 6.54 Å². The van der Waals surface area contributed by atoms with Crippen molar-refractivity contribution in [3.63, 3.8) is 0 Å². The number of carbonyl (C=O) groups excluding carboxylic acids is 2. The average Bonchev–Trinajstić information content (AvgIpc) is 3.04. The zero-order chi connectivity index (χ0) is 15.2. The summed E-state index contributed by atoms with van der Waals surface area (Å²) in [6.45, 7) is 7.05. The number of rotatable bonds is 5. The number of fused-ring (bicyclic) bond motifs is 1. The van der Waals surface area contributed by atoms with Gasteiger partial charge in [-0.1, -0.05) is 25.5 Å². The second-order valence-corrected chi connectivity index (χ2v) is 6.50. The van der Waals surface area contributed by atoms with Gasteiger partial charge in [-0.2, -0.15) is 0 Å². The van der Waals surface area contributed by atoms with Crippen LogP contribution in [0.15, 0.2) is 12.2 Å². The minimum absolute atomic E-state index is 0.0426. The molecular formula is C16H23NO4. The lowest BCUT2D eigenvalue weighted by Crippen LogP contribution is -2.40. The molecule has 116 valence electrons. The van der Waals surface area contributed by atoms with Gasteiger partial charge in [0.15, 0.2) is 0 Å². The van der Waals surface area contributed by atoms with Crippen molar-refractivity contribution in [3.8, 4) is 0 Å². The Morgan fingerprint density at radius 2 is 2.33 bits per heavy atom. The van der Waals surface area contributed by atoms with Crippen molar-refractivity contribution in [1.29, 1.82) is 0 Å². The van der Waals surface area contributed by atoms with E-state index in [9.17, 15) is 9.59 Å². The van der Waals surface area contributed by atoms with Crippen LogP contribution in [0.5, 0.6) is 0 Å². The Labute approximate surface area is 125 Å². The number of ether oxygens (including phenoxy) is 2. The highest BCUT2D eigenvalue weighted by Crippen LogP contribution is 2.52. The third-order valence-corrected chi connectivity index (χ3v) is 4.58. The van der Waals surface area contributed by atoms with Crippen LogP contribution < -0.4 is 0 Å². The molecule has 0 saturated carbocycles. The number of unbranched alkanes of at least 4 members (excludes halogenated alkanes) is 1. The van der Waals surface area contributed by atoms with Gasteiger partial charge in [-0.3, -0.25) is 9.59 Å². The number of hydrogen-bond acceptors (Lipinski definition) is 4. The third kappa shape index (κ3) is 2.18. The van der Waals surface area contributed by atoms with Crippen LogP contribution in [0.4, 0.5) is 0 Å². The van der Waals surface area contributed by atoms with Crippen molar-refractivity contribution in [1.82, 2.24) is 4.90 Å². The molecule has 0 aromatic carbocycles. The predicted molar refractivity (Wildman–Crippen MR) is 76.4 cm³/mol. The van der Waals surface area contributed by atoms with E-state index in [0.717, 1.165) is 19.4 Å². The number of amides is 1. The highest BCUT2D eigenvalue weighted by molar-refractivity contribution is 5.91. The standard InChI is InChI=1S/C16H23NO4/c1-4-5-8-17-9-16-7-6-11(21-16)12(13(16)14(17)18)15(19)20-10(2)3/h6-7,10-13H,4-5,8-9H2,1-3H3/t11-,12-,13-,16+/m0/s1. The van der Waals surface area contributed by atoms with E-state index in [1.54, 1.807) is 0 Å². The van der Waals surface area contributed by atoms with Crippen LogP contribution in [-0.2, 0) is 19.1 Å². The first-order chi connectivity index (χ1) is 9.98. The lowest BCUT2D eigenvalue weighted by molar-refractivity contribution is -0.157. The van der Waals surface area contributed by atoms with Crippen LogP contribution in [0.25, 0.3) is 0 Å². The summed E-state index contributed by atoms with van der Waals surface area (Å²) in [6.07, 6.45) is 5.43. The van der Waals surface area contributed by atoms with Crippen molar-refractivity contribution in [2.75, 3.05) is 13.1 Å². The molecule has 3 aliphatic rings. The zero-order valence-corrected chi connectivity index (χ0v) is 12.9. The van der Waals surface area contributed by atoms with Crippen molar-refractivity contribution in [2.24, 2.45) is 11.8 Å². The summed E-state index contributed by atoms with van der Waals surface area (Å²) in [5.41, 5.74) is -0.601. The molecule has 3 aliphatic heterocycles. The molecule has 3 rings (SSSR count). The number of likely N-dealkylation sites (tertiary alicyclic amines) is 1. The molecule has 1 amide bonds. The Morgan fingerprint density at radius 1 is 1.57 bits per heavy atom. The van der Waals surface area contributed by atoms with Crippen LogP contribution in [0.3, 0.4) is 0 Å². The SMILES string of the molecule is CCCCN1C[C@@]23C=C[C@H](O2)[C@H](C(=O)OC(C)C)[C@H]3C1=O. The molecule has 0 unspecified atom stereocenters. The van der Waals surface area contributed by atoms with E-state index in [2.05, 4.69) is 6.92 Å². The van der Waals surface area contributed by atoms with E-state index < -0.39 is 17.4 Å². The largest absolute Gasteiger partial charge is 0.463 e. The van der Waals surface area contributed by atoms with Crippen LogP contribution in [-0.4, -0.2) is 47.7 Å². The predicted octanol–water partition coefficient (Wildman–Crippen LogP) is 1.52. The van der Waals surface area contributed by atoms with Crippen molar-refractivity contribution < 1.29 is 19.1 Å². The smallest absolute Gasteiger partial charge is 0.313 e. The quantitative estimate of drug-likeness (QED) is 0.569. The Balaban J connectivity index is 1.82. The molecule has 0 N–H and O–H groups in total. The monoisotopic (exact) mass is 293 g/mol. The topological polar surface area (TPSA) is 55.8 Å². The molecule has 21 heavy (non-hydrogen) atoms. The van der Waals surface area contributed by atoms with Gasteiger partial charge in [-0.05, 0) is 20.3 Å². The molecule has 5 heteroatoms. The molecule has 5 nitrogen and oxygen atoms in total. The molecule has 2 fully saturated rings. The Morgan fingerprint density at radius 3 is 3.00 bits per heavy atom. The summed E-state index contributed by atoms with van der Waals surface area (Å²) >= 11 is 0. The molecule has 0 aromatic heterocycles. The molecule has 0 aromatic rings. The van der Waals surface area contributed by atoms with Gasteiger partial charge in [0.05, 0.1) is 24.7 Å².